The van der Waals surface area contributed by atoms with Crippen LogP contribution in [0.25, 0.3) is 0 Å². The van der Waals surface area contributed by atoms with Gasteiger partial charge in [-0.3, -0.25) is 4.79 Å². The molecule has 0 spiro atoms. The maximum Gasteiger partial charge on any atom is 0.407 e. The fraction of sp³-hybridized carbons (Fsp3) is 0.351. The summed E-state index contributed by atoms with van der Waals surface area (Å²) < 4.78 is 34.1. The zero-order valence-electron chi connectivity index (χ0n) is 27.9. The Morgan fingerprint density at radius 1 is 0.898 bits per heavy atom. The molecule has 0 radical (unpaired) electrons. The van der Waals surface area contributed by atoms with E-state index in [0.29, 0.717) is 10.6 Å². The maximum atomic E-state index is 14.3. The van der Waals surface area contributed by atoms with Crippen LogP contribution in [0.1, 0.15) is 65.6 Å². The topological polar surface area (TPSA) is 151 Å². The van der Waals surface area contributed by atoms with Crippen LogP contribution in [0.5, 0.6) is 0 Å². The third kappa shape index (κ3) is 8.69. The molecule has 5 N–H and O–H groups in total. The lowest BCUT2D eigenvalue weighted by Crippen LogP contribution is -2.51. The van der Waals surface area contributed by atoms with E-state index in [1.807, 2.05) is 86.6 Å². The number of aliphatic hydroxyl groups is 1. The summed E-state index contributed by atoms with van der Waals surface area (Å²) in [6.07, 6.45) is 1.09. The summed E-state index contributed by atoms with van der Waals surface area (Å²) in [4.78, 5) is 28.6. The minimum absolute atomic E-state index is 0.0167. The van der Waals surface area contributed by atoms with Crippen molar-refractivity contribution in [1.29, 1.82) is 0 Å². The number of benzene rings is 3. The quantitative estimate of drug-likeness (QED) is 0.114. The molecule has 3 atom stereocenters. The number of nitrogens with one attached hydrogen (secondary N) is 2. The predicted octanol–water partition coefficient (Wildman–Crippen LogP) is 5.83. The number of sulfonamides is 1. The molecule has 0 aliphatic heterocycles. The number of nitrogens with two attached hydrogens (primary N) is 1. The molecule has 1 heterocycles. The molecule has 0 saturated heterocycles. The molecule has 1 fully saturated rings. The molecule has 1 aromatic heterocycles. The van der Waals surface area contributed by atoms with Crippen molar-refractivity contribution < 1.29 is 27.9 Å². The Bertz CT molecular complexity index is 1760. The molecule has 2 amide bonds. The fourth-order valence-electron chi connectivity index (χ4n) is 6.04. The first kappa shape index (κ1) is 36.1. The lowest BCUT2D eigenvalue weighted by atomic mass is 9.84. The number of thiophene rings is 1. The Balaban J connectivity index is 1.47. The summed E-state index contributed by atoms with van der Waals surface area (Å²) in [5.41, 5.74) is 7.97. The second-order valence-electron chi connectivity index (χ2n) is 12.7. The van der Waals surface area contributed by atoms with Gasteiger partial charge in [-0.15, -0.1) is 11.3 Å². The molecule has 5 rings (SSSR count). The monoisotopic (exact) mass is 704 g/mol. The highest BCUT2D eigenvalue weighted by Gasteiger charge is 2.40. The average molecular weight is 705 g/mol. The van der Waals surface area contributed by atoms with E-state index in [4.69, 9.17) is 10.5 Å². The molecule has 12 heteroatoms. The van der Waals surface area contributed by atoms with Gasteiger partial charge in [0.25, 0.3) is 0 Å². The first-order valence-corrected chi connectivity index (χ1v) is 18.6. The van der Waals surface area contributed by atoms with Crippen molar-refractivity contribution in [3.05, 3.63) is 118 Å². The van der Waals surface area contributed by atoms with Crippen LogP contribution in [-0.2, 0) is 19.6 Å². The summed E-state index contributed by atoms with van der Waals surface area (Å²) in [5, 5.41) is 16.7. The Morgan fingerprint density at radius 3 is 1.98 bits per heavy atom. The Labute approximate surface area is 292 Å². The van der Waals surface area contributed by atoms with Crippen molar-refractivity contribution in [3.8, 4) is 0 Å². The molecule has 4 aromatic rings. The molecule has 10 nitrogen and oxygen atoms in total. The number of nitrogen functional groups attached to an aromatic ring is 1. The van der Waals surface area contributed by atoms with Gasteiger partial charge in [-0.1, -0.05) is 74.5 Å². The van der Waals surface area contributed by atoms with E-state index < -0.39 is 40.7 Å². The molecule has 49 heavy (non-hydrogen) atoms. The van der Waals surface area contributed by atoms with Gasteiger partial charge in [0.05, 0.1) is 30.7 Å². The zero-order chi connectivity index (χ0) is 35.1. The predicted molar refractivity (Wildman–Crippen MR) is 191 cm³/mol. The Kier molecular flexibility index (Phi) is 11.8. The van der Waals surface area contributed by atoms with E-state index in [1.165, 1.54) is 34.9 Å². The van der Waals surface area contributed by atoms with Crippen molar-refractivity contribution in [1.82, 2.24) is 14.9 Å². The standard InChI is InChI=1S/C37H44N4O6S2/c1-24(2)22-41(49(45,46)29-18-16-28(38)17-19-29)30(23-42)31-20-21-32(48-31)34(27-14-15-27)39-36(43)35(40-37(44)47-3)33(25-10-6-4-7-11-25)26-12-8-5-9-13-26/h4-13,16-21,24,27,30,33-35,42H,14-15,22-23,38H2,1-3H3,(H,39,43)(H,40,44). The van der Waals surface area contributed by atoms with Gasteiger partial charge in [0, 0.05) is 27.9 Å². The van der Waals surface area contributed by atoms with Crippen molar-refractivity contribution in [2.75, 3.05) is 26.0 Å². The van der Waals surface area contributed by atoms with E-state index in [1.54, 1.807) is 12.1 Å². The van der Waals surface area contributed by atoms with Crippen LogP contribution in [0, 0.1) is 11.8 Å². The normalized spacial score (nSPS) is 15.2. The number of ether oxygens (including phenoxy) is 1. The summed E-state index contributed by atoms with van der Waals surface area (Å²) in [7, 11) is -2.73. The van der Waals surface area contributed by atoms with Crippen LogP contribution in [0.3, 0.4) is 0 Å². The Morgan fingerprint density at radius 2 is 1.47 bits per heavy atom. The number of carbonyl (C=O) groups excluding carboxylic acids is 2. The fourth-order valence-corrected chi connectivity index (χ4v) is 9.13. The van der Waals surface area contributed by atoms with Crippen LogP contribution >= 0.6 is 11.3 Å². The molecule has 3 unspecified atom stereocenters. The van der Waals surface area contributed by atoms with Crippen LogP contribution in [-0.4, -0.2) is 56.1 Å². The second-order valence-corrected chi connectivity index (χ2v) is 15.7. The highest BCUT2D eigenvalue weighted by atomic mass is 32.2. The van der Waals surface area contributed by atoms with E-state index in [9.17, 15) is 23.1 Å². The van der Waals surface area contributed by atoms with Gasteiger partial charge in [0.1, 0.15) is 6.04 Å². The number of alkyl carbamates (subject to hydrolysis) is 1. The highest BCUT2D eigenvalue weighted by molar-refractivity contribution is 7.89. The lowest BCUT2D eigenvalue weighted by Gasteiger charge is -2.31. The van der Waals surface area contributed by atoms with E-state index in [-0.39, 0.29) is 35.2 Å². The summed E-state index contributed by atoms with van der Waals surface area (Å²) in [6, 6.07) is 26.6. The van der Waals surface area contributed by atoms with Crippen LogP contribution in [0.2, 0.25) is 0 Å². The number of nitrogens with zero attached hydrogens (tertiary/aromatic N) is 1. The largest absolute Gasteiger partial charge is 0.453 e. The maximum absolute atomic E-state index is 14.3. The van der Waals surface area contributed by atoms with Gasteiger partial charge in [-0.25, -0.2) is 13.2 Å². The molecule has 260 valence electrons. The van der Waals surface area contributed by atoms with E-state index >= 15 is 0 Å². The van der Waals surface area contributed by atoms with Crippen molar-refractivity contribution in [3.63, 3.8) is 0 Å². The minimum Gasteiger partial charge on any atom is -0.453 e. The number of hydrogen-bond acceptors (Lipinski definition) is 8. The molecule has 0 bridgehead atoms. The number of rotatable bonds is 15. The zero-order valence-corrected chi connectivity index (χ0v) is 29.5. The molecule has 1 saturated carbocycles. The number of hydrogen-bond donors (Lipinski definition) is 4. The van der Waals surface area contributed by atoms with Crippen molar-refractivity contribution in [2.24, 2.45) is 11.8 Å². The minimum atomic E-state index is -3.99. The van der Waals surface area contributed by atoms with Gasteiger partial charge in [-0.05, 0) is 72.2 Å². The number of carbonyl (C=O) groups is 2. The van der Waals surface area contributed by atoms with Gasteiger partial charge >= 0.3 is 6.09 Å². The first-order chi connectivity index (χ1) is 23.5. The van der Waals surface area contributed by atoms with Crippen LogP contribution < -0.4 is 16.4 Å². The van der Waals surface area contributed by atoms with Crippen molar-refractivity contribution in [2.45, 2.75) is 55.6 Å². The first-order valence-electron chi connectivity index (χ1n) is 16.4. The molecule has 3 aromatic carbocycles. The molecule has 1 aliphatic carbocycles. The summed E-state index contributed by atoms with van der Waals surface area (Å²) >= 11 is 1.37. The number of amides is 2. The Hall–Kier alpha value is -4.23. The van der Waals surface area contributed by atoms with Gasteiger partial charge < -0.3 is 26.2 Å². The third-order valence-corrected chi connectivity index (χ3v) is 11.8. The van der Waals surface area contributed by atoms with Crippen LogP contribution in [0.15, 0.2) is 102 Å². The third-order valence-electron chi connectivity index (χ3n) is 8.62. The number of methoxy groups -OCH3 is 1. The molecule has 1 aliphatic rings. The van der Waals surface area contributed by atoms with Crippen LogP contribution in [0.4, 0.5) is 10.5 Å². The van der Waals surface area contributed by atoms with Gasteiger partial charge in [0.15, 0.2) is 0 Å². The SMILES string of the molecule is COC(=O)NC(C(=O)NC(c1ccc(C(CO)N(CC(C)C)S(=O)(=O)c2ccc(N)cc2)s1)C1CC1)C(c1ccccc1)c1ccccc1. The number of anilines is 1. The van der Waals surface area contributed by atoms with E-state index in [0.717, 1.165) is 28.8 Å². The van der Waals surface area contributed by atoms with Gasteiger partial charge in [0.2, 0.25) is 15.9 Å². The van der Waals surface area contributed by atoms with Gasteiger partial charge in [-0.2, -0.15) is 4.31 Å². The lowest BCUT2D eigenvalue weighted by molar-refractivity contribution is -0.124. The van der Waals surface area contributed by atoms with Crippen molar-refractivity contribution >= 4 is 39.0 Å². The second kappa shape index (κ2) is 16.0. The number of aliphatic hydroxyl groups excluding tert-OH is 1. The highest BCUT2D eigenvalue weighted by Crippen LogP contribution is 2.45. The average Bonchev–Trinajstić information content (AvgIpc) is 3.83. The summed E-state index contributed by atoms with van der Waals surface area (Å²) in [6.45, 7) is 3.61. The molecular formula is C37H44N4O6S2. The smallest absolute Gasteiger partial charge is 0.407 e. The molecular weight excluding hydrogens is 661 g/mol. The summed E-state index contributed by atoms with van der Waals surface area (Å²) in [5.74, 6) is -0.737. The van der Waals surface area contributed by atoms with E-state index in [2.05, 4.69) is 10.6 Å².